The fourth-order valence-corrected chi connectivity index (χ4v) is 4.03. The molecule has 2 aromatic rings. The van der Waals surface area contributed by atoms with Crippen LogP contribution in [0.2, 0.25) is 0 Å². The summed E-state index contributed by atoms with van der Waals surface area (Å²) in [5.74, 6) is 5.38. The Labute approximate surface area is 162 Å². The molecule has 142 valence electrons. The molecule has 2 bridgehead atoms. The predicted molar refractivity (Wildman–Crippen MR) is 103 cm³/mol. The Morgan fingerprint density at radius 3 is 2.68 bits per heavy atom. The van der Waals surface area contributed by atoms with Crippen molar-refractivity contribution in [1.29, 1.82) is 0 Å². The molecule has 2 aliphatic carbocycles. The molecule has 1 amide bonds. The highest BCUT2D eigenvalue weighted by molar-refractivity contribution is 5.94. The van der Waals surface area contributed by atoms with Gasteiger partial charge in [0.2, 0.25) is 0 Å². The lowest BCUT2D eigenvalue weighted by Crippen LogP contribution is -2.18. The molecule has 4 aliphatic rings. The number of hydrogen-bond donors (Lipinski definition) is 2. The highest BCUT2D eigenvalue weighted by Crippen LogP contribution is 2.52. The summed E-state index contributed by atoms with van der Waals surface area (Å²) in [7, 11) is 0. The number of imidazole rings is 1. The molecule has 3 heterocycles. The van der Waals surface area contributed by atoms with Gasteiger partial charge in [0, 0.05) is 11.5 Å². The van der Waals surface area contributed by atoms with Crippen LogP contribution in [0.4, 0.5) is 4.39 Å². The number of carbonyl (C=O) groups is 1. The molecule has 1 aromatic carbocycles. The van der Waals surface area contributed by atoms with Crippen LogP contribution in [0.15, 0.2) is 18.2 Å². The largest absolute Gasteiger partial charge is 0.378 e. The maximum Gasteiger partial charge on any atom is 0.269 e. The topological polar surface area (TPSA) is 81.1 Å². The number of allylic oxidation sites excluding steroid dienone is 2. The van der Waals surface area contributed by atoms with Gasteiger partial charge in [-0.05, 0) is 56.4 Å². The normalized spacial score (nSPS) is 19.4. The number of hydrogen-bond acceptors (Lipinski definition) is 3. The number of nitrogens with zero attached hydrogens (tertiary/aromatic N) is 2. The van der Waals surface area contributed by atoms with Crippen molar-refractivity contribution < 1.29 is 14.3 Å². The van der Waals surface area contributed by atoms with Crippen molar-refractivity contribution in [3.8, 4) is 23.2 Å². The second-order valence-electron chi connectivity index (χ2n) is 8.33. The van der Waals surface area contributed by atoms with Crippen molar-refractivity contribution >= 4 is 11.5 Å². The zero-order chi connectivity index (χ0) is 19.8. The lowest BCUT2D eigenvalue weighted by molar-refractivity contribution is 0.0994. The standard InChI is InChI=1S/C22H20FN3O2/c1-22(2,28)6-5-12-9-16-15(10-17(12)23)13-7-14(8-13)26-19(11-3-4-11)18(20(24)27)25-21(16)26/h7,9-11,14,28H,3-4,8H2,1-2H3,(H2,24,27). The van der Waals surface area contributed by atoms with Crippen molar-refractivity contribution in [2.45, 2.75) is 50.7 Å². The molecule has 28 heavy (non-hydrogen) atoms. The maximum atomic E-state index is 14.7. The van der Waals surface area contributed by atoms with Crippen LogP contribution in [-0.4, -0.2) is 26.2 Å². The Hall–Kier alpha value is -2.91. The quantitative estimate of drug-likeness (QED) is 0.789. The maximum absolute atomic E-state index is 14.7. The summed E-state index contributed by atoms with van der Waals surface area (Å²) in [6, 6.07) is 3.27. The summed E-state index contributed by atoms with van der Waals surface area (Å²) in [4.78, 5) is 16.6. The van der Waals surface area contributed by atoms with Crippen molar-refractivity contribution in [3.05, 3.63) is 46.5 Å². The molecular formula is C22H20FN3O2. The monoisotopic (exact) mass is 377 g/mol. The van der Waals surface area contributed by atoms with E-state index in [2.05, 4.69) is 27.5 Å². The van der Waals surface area contributed by atoms with E-state index in [0.717, 1.165) is 41.7 Å². The van der Waals surface area contributed by atoms with Crippen molar-refractivity contribution in [2.24, 2.45) is 5.73 Å². The predicted octanol–water partition coefficient (Wildman–Crippen LogP) is 3.13. The summed E-state index contributed by atoms with van der Waals surface area (Å²) >= 11 is 0. The molecule has 3 N–H and O–H groups in total. The first-order valence-electron chi connectivity index (χ1n) is 9.45. The smallest absolute Gasteiger partial charge is 0.269 e. The Balaban J connectivity index is 1.76. The van der Waals surface area contributed by atoms with Gasteiger partial charge in [-0.1, -0.05) is 17.9 Å². The van der Waals surface area contributed by atoms with Gasteiger partial charge in [-0.15, -0.1) is 0 Å². The minimum Gasteiger partial charge on any atom is -0.378 e. The summed E-state index contributed by atoms with van der Waals surface area (Å²) in [5.41, 5.74) is 8.43. The van der Waals surface area contributed by atoms with Gasteiger partial charge in [-0.3, -0.25) is 4.79 Å². The molecule has 0 saturated heterocycles. The molecule has 1 atom stereocenters. The Bertz CT molecular complexity index is 1140. The molecular weight excluding hydrogens is 357 g/mol. The molecule has 5 nitrogen and oxygen atoms in total. The number of halogens is 1. The summed E-state index contributed by atoms with van der Waals surface area (Å²) < 4.78 is 16.8. The molecule has 6 rings (SSSR count). The van der Waals surface area contributed by atoms with Gasteiger partial charge < -0.3 is 15.4 Å². The molecule has 1 aromatic heterocycles. The van der Waals surface area contributed by atoms with E-state index in [0.29, 0.717) is 17.4 Å². The lowest BCUT2D eigenvalue weighted by Gasteiger charge is -2.26. The minimum absolute atomic E-state index is 0.113. The zero-order valence-electron chi connectivity index (χ0n) is 15.7. The number of primary amides is 1. The van der Waals surface area contributed by atoms with Crippen LogP contribution >= 0.6 is 0 Å². The van der Waals surface area contributed by atoms with E-state index in [4.69, 9.17) is 5.73 Å². The average molecular weight is 377 g/mol. The van der Waals surface area contributed by atoms with Crippen molar-refractivity contribution in [3.63, 3.8) is 0 Å². The van der Waals surface area contributed by atoms with Crippen LogP contribution in [-0.2, 0) is 0 Å². The number of benzene rings is 1. The summed E-state index contributed by atoms with van der Waals surface area (Å²) in [6.45, 7) is 3.10. The lowest BCUT2D eigenvalue weighted by atomic mass is 9.86. The number of amides is 1. The van der Waals surface area contributed by atoms with E-state index in [-0.39, 0.29) is 11.6 Å². The van der Waals surface area contributed by atoms with Gasteiger partial charge in [0.05, 0.1) is 17.3 Å². The number of aliphatic hydroxyl groups is 1. The SMILES string of the molecule is CC(C)(O)C#Cc1cc2c(cc1F)C1=CC(C1)n1c-2nc(C(N)=O)c1C1CC1. The van der Waals surface area contributed by atoms with Crippen LogP contribution in [0.1, 0.15) is 72.4 Å². The van der Waals surface area contributed by atoms with Crippen LogP contribution in [0.25, 0.3) is 17.0 Å². The van der Waals surface area contributed by atoms with E-state index in [9.17, 15) is 14.3 Å². The number of aromatic nitrogens is 2. The van der Waals surface area contributed by atoms with Crippen LogP contribution in [0.5, 0.6) is 0 Å². The van der Waals surface area contributed by atoms with Gasteiger partial charge in [-0.2, -0.15) is 0 Å². The first-order valence-corrected chi connectivity index (χ1v) is 9.45. The van der Waals surface area contributed by atoms with Gasteiger partial charge in [-0.25, -0.2) is 9.37 Å². The third kappa shape index (κ3) is 2.58. The van der Waals surface area contributed by atoms with E-state index in [1.54, 1.807) is 19.9 Å². The van der Waals surface area contributed by atoms with Gasteiger partial charge in [0.1, 0.15) is 22.9 Å². The molecule has 1 fully saturated rings. The third-order valence-corrected chi connectivity index (χ3v) is 5.50. The fraction of sp³-hybridized carbons (Fsp3) is 0.364. The van der Waals surface area contributed by atoms with Gasteiger partial charge in [0.25, 0.3) is 5.91 Å². The first-order chi connectivity index (χ1) is 13.2. The average Bonchev–Trinajstić information content (AvgIpc) is 3.35. The molecule has 1 saturated carbocycles. The molecule has 2 aliphatic heterocycles. The number of carbonyl (C=O) groups excluding carboxylic acids is 1. The van der Waals surface area contributed by atoms with E-state index < -0.39 is 17.3 Å². The van der Waals surface area contributed by atoms with Gasteiger partial charge >= 0.3 is 0 Å². The van der Waals surface area contributed by atoms with Crippen LogP contribution in [0, 0.1) is 17.7 Å². The van der Waals surface area contributed by atoms with Crippen molar-refractivity contribution in [2.75, 3.05) is 0 Å². The van der Waals surface area contributed by atoms with E-state index in [1.807, 2.05) is 0 Å². The Morgan fingerprint density at radius 2 is 2.07 bits per heavy atom. The van der Waals surface area contributed by atoms with Crippen LogP contribution in [0.3, 0.4) is 0 Å². The van der Waals surface area contributed by atoms with E-state index >= 15 is 0 Å². The number of nitrogens with two attached hydrogens (primary N) is 1. The first kappa shape index (κ1) is 17.2. The Morgan fingerprint density at radius 1 is 1.36 bits per heavy atom. The number of rotatable bonds is 2. The molecule has 6 heteroatoms. The van der Waals surface area contributed by atoms with Gasteiger partial charge in [0.15, 0.2) is 0 Å². The highest BCUT2D eigenvalue weighted by Gasteiger charge is 2.40. The molecule has 1 unspecified atom stereocenters. The third-order valence-electron chi connectivity index (χ3n) is 5.50. The minimum atomic E-state index is -1.22. The second kappa shape index (κ2) is 5.55. The Kier molecular flexibility index (Phi) is 3.41. The zero-order valence-corrected chi connectivity index (χ0v) is 15.7. The summed E-state index contributed by atoms with van der Waals surface area (Å²) in [6.07, 6.45) is 4.93. The molecule has 0 spiro atoms. The highest BCUT2D eigenvalue weighted by atomic mass is 19.1. The van der Waals surface area contributed by atoms with E-state index in [1.165, 1.54) is 6.07 Å². The summed E-state index contributed by atoms with van der Waals surface area (Å²) in [5, 5.41) is 9.86. The fourth-order valence-electron chi connectivity index (χ4n) is 4.03. The van der Waals surface area contributed by atoms with Crippen molar-refractivity contribution in [1.82, 2.24) is 9.55 Å². The van der Waals surface area contributed by atoms with Crippen LogP contribution < -0.4 is 5.73 Å². The molecule has 0 radical (unpaired) electrons. The second-order valence-corrected chi connectivity index (χ2v) is 8.33.